The first kappa shape index (κ1) is 22.5. The lowest BCUT2D eigenvalue weighted by molar-refractivity contribution is -0.132. The summed E-state index contributed by atoms with van der Waals surface area (Å²) in [5.74, 6) is 2.28. The highest BCUT2D eigenvalue weighted by Gasteiger charge is 2.24. The maximum Gasteiger partial charge on any atom is 0.244 e. The van der Waals surface area contributed by atoms with Crippen LogP contribution in [-0.4, -0.2) is 63.8 Å². The van der Waals surface area contributed by atoms with Gasteiger partial charge >= 0.3 is 0 Å². The van der Waals surface area contributed by atoms with Crippen LogP contribution < -0.4 is 9.64 Å². The summed E-state index contributed by atoms with van der Waals surface area (Å²) in [6.07, 6.45) is 1.77. The number of halogens is 1. The molecular weight excluding hydrogens is 447 g/mol. The van der Waals surface area contributed by atoms with E-state index >= 15 is 0 Å². The number of aromatic nitrogens is 4. The number of methoxy groups -OCH3 is 1. The van der Waals surface area contributed by atoms with Crippen molar-refractivity contribution in [1.29, 1.82) is 0 Å². The van der Waals surface area contributed by atoms with Gasteiger partial charge in [0, 0.05) is 43.5 Å². The maximum absolute atomic E-state index is 13.4. The van der Waals surface area contributed by atoms with Crippen LogP contribution in [0.15, 0.2) is 72.9 Å². The summed E-state index contributed by atoms with van der Waals surface area (Å²) >= 11 is 0. The van der Waals surface area contributed by atoms with Gasteiger partial charge in [0.05, 0.1) is 7.11 Å². The zero-order chi connectivity index (χ0) is 24.2. The summed E-state index contributed by atoms with van der Waals surface area (Å²) in [6.45, 7) is 2.69. The van der Waals surface area contributed by atoms with Gasteiger partial charge in [-0.3, -0.25) is 4.79 Å². The van der Waals surface area contributed by atoms with Crippen molar-refractivity contribution in [2.75, 3.05) is 38.2 Å². The number of piperazine rings is 1. The van der Waals surface area contributed by atoms with E-state index in [1.165, 1.54) is 12.1 Å². The first-order valence-corrected chi connectivity index (χ1v) is 11.4. The lowest BCUT2D eigenvalue weighted by Crippen LogP contribution is -2.49. The SMILES string of the molecule is COc1ccc(-c2nc(-c3ccc(F)cc3)nn2CC(=O)N2CCN(c3ccccn3)CC2)cc1. The van der Waals surface area contributed by atoms with Crippen molar-refractivity contribution < 1.29 is 13.9 Å². The molecule has 0 aliphatic carbocycles. The minimum absolute atomic E-state index is 0.0315. The van der Waals surface area contributed by atoms with Crippen molar-refractivity contribution in [3.05, 3.63) is 78.7 Å². The molecule has 0 spiro atoms. The van der Waals surface area contributed by atoms with E-state index < -0.39 is 0 Å². The van der Waals surface area contributed by atoms with E-state index in [1.54, 1.807) is 30.1 Å². The maximum atomic E-state index is 13.4. The zero-order valence-corrected chi connectivity index (χ0v) is 19.3. The molecular formula is C26H25FN6O2. The van der Waals surface area contributed by atoms with Crippen molar-refractivity contribution in [3.8, 4) is 28.5 Å². The summed E-state index contributed by atoms with van der Waals surface area (Å²) < 4.78 is 20.3. The van der Waals surface area contributed by atoms with Crippen molar-refractivity contribution in [3.63, 3.8) is 0 Å². The summed E-state index contributed by atoms with van der Waals surface area (Å²) in [4.78, 5) is 26.3. The Morgan fingerprint density at radius 2 is 1.66 bits per heavy atom. The number of amides is 1. The van der Waals surface area contributed by atoms with Gasteiger partial charge in [-0.1, -0.05) is 6.07 Å². The molecule has 0 atom stereocenters. The highest BCUT2D eigenvalue weighted by Crippen LogP contribution is 2.25. The average molecular weight is 473 g/mol. The molecule has 1 aliphatic heterocycles. The van der Waals surface area contributed by atoms with E-state index in [0.29, 0.717) is 43.4 Å². The minimum Gasteiger partial charge on any atom is -0.497 e. The predicted molar refractivity (Wildman–Crippen MR) is 130 cm³/mol. The fraction of sp³-hybridized carbons (Fsp3) is 0.231. The summed E-state index contributed by atoms with van der Waals surface area (Å²) in [5, 5.41) is 4.61. The Labute approximate surface area is 202 Å². The lowest BCUT2D eigenvalue weighted by Gasteiger charge is -2.35. The van der Waals surface area contributed by atoms with E-state index in [2.05, 4.69) is 20.0 Å². The first-order chi connectivity index (χ1) is 17.1. The van der Waals surface area contributed by atoms with Crippen molar-refractivity contribution >= 4 is 11.7 Å². The molecule has 8 nitrogen and oxygen atoms in total. The molecule has 0 saturated carbocycles. The molecule has 35 heavy (non-hydrogen) atoms. The van der Waals surface area contributed by atoms with Crippen LogP contribution in [-0.2, 0) is 11.3 Å². The molecule has 5 rings (SSSR count). The van der Waals surface area contributed by atoms with Crippen molar-refractivity contribution in [2.24, 2.45) is 0 Å². The van der Waals surface area contributed by atoms with Crippen LogP contribution in [0.1, 0.15) is 0 Å². The van der Waals surface area contributed by atoms with Crippen molar-refractivity contribution in [1.82, 2.24) is 24.6 Å². The summed E-state index contributed by atoms with van der Waals surface area (Å²) in [5.41, 5.74) is 1.48. The third kappa shape index (κ3) is 4.98. The number of carbonyl (C=O) groups excluding carboxylic acids is 1. The van der Waals surface area contributed by atoms with Crippen LogP contribution in [0.4, 0.5) is 10.2 Å². The molecule has 4 aromatic rings. The van der Waals surface area contributed by atoms with E-state index in [4.69, 9.17) is 4.74 Å². The number of pyridine rings is 1. The Balaban J connectivity index is 1.36. The molecule has 2 aromatic carbocycles. The number of carbonyl (C=O) groups is 1. The van der Waals surface area contributed by atoms with Gasteiger partial charge in [0.2, 0.25) is 5.91 Å². The Hall–Kier alpha value is -4.27. The Morgan fingerprint density at radius 1 is 0.943 bits per heavy atom. The molecule has 3 heterocycles. The van der Waals surface area contributed by atoms with Crippen molar-refractivity contribution in [2.45, 2.75) is 6.54 Å². The number of benzene rings is 2. The Morgan fingerprint density at radius 3 is 2.31 bits per heavy atom. The number of nitrogens with zero attached hydrogens (tertiary/aromatic N) is 6. The second-order valence-electron chi connectivity index (χ2n) is 8.21. The number of ether oxygens (including phenoxy) is 1. The fourth-order valence-electron chi connectivity index (χ4n) is 4.08. The lowest BCUT2D eigenvalue weighted by atomic mass is 10.2. The zero-order valence-electron chi connectivity index (χ0n) is 19.3. The van der Waals surface area contributed by atoms with E-state index in [-0.39, 0.29) is 18.3 Å². The van der Waals surface area contributed by atoms with Crippen LogP contribution in [0.5, 0.6) is 5.75 Å². The van der Waals surface area contributed by atoms with Gasteiger partial charge in [-0.05, 0) is 60.7 Å². The Kier molecular flexibility index (Phi) is 6.38. The van der Waals surface area contributed by atoms with Gasteiger partial charge in [-0.15, -0.1) is 5.10 Å². The molecule has 1 amide bonds. The van der Waals surface area contributed by atoms with Gasteiger partial charge < -0.3 is 14.5 Å². The molecule has 9 heteroatoms. The summed E-state index contributed by atoms with van der Waals surface area (Å²) in [6, 6.07) is 19.3. The second kappa shape index (κ2) is 9.92. The third-order valence-corrected chi connectivity index (χ3v) is 6.01. The van der Waals surface area contributed by atoms with Crippen LogP contribution in [0.25, 0.3) is 22.8 Å². The van der Waals surface area contributed by atoms with Gasteiger partial charge in [0.15, 0.2) is 11.6 Å². The highest BCUT2D eigenvalue weighted by molar-refractivity contribution is 5.77. The molecule has 178 valence electrons. The summed E-state index contributed by atoms with van der Waals surface area (Å²) in [7, 11) is 1.61. The van der Waals surface area contributed by atoms with Gasteiger partial charge in [-0.25, -0.2) is 19.0 Å². The fourth-order valence-corrected chi connectivity index (χ4v) is 4.08. The molecule has 0 radical (unpaired) electrons. The van der Waals surface area contributed by atoms with Crippen LogP contribution in [0.2, 0.25) is 0 Å². The molecule has 0 bridgehead atoms. The van der Waals surface area contributed by atoms with E-state index in [1.807, 2.05) is 47.4 Å². The molecule has 1 fully saturated rings. The monoisotopic (exact) mass is 472 g/mol. The molecule has 1 aliphatic rings. The number of hydrogen-bond donors (Lipinski definition) is 0. The third-order valence-electron chi connectivity index (χ3n) is 6.01. The van der Waals surface area contributed by atoms with Gasteiger partial charge in [0.25, 0.3) is 0 Å². The molecule has 0 N–H and O–H groups in total. The number of hydrogen-bond acceptors (Lipinski definition) is 6. The van der Waals surface area contributed by atoms with Gasteiger partial charge in [0.1, 0.15) is 23.9 Å². The number of anilines is 1. The standard InChI is InChI=1S/C26H25FN6O2/c1-35-22-11-7-20(8-12-22)26-29-25(19-5-9-21(27)10-6-19)30-33(26)18-24(34)32-16-14-31(15-17-32)23-4-2-3-13-28-23/h2-13H,14-18H2,1H3. The largest absolute Gasteiger partial charge is 0.497 e. The Bertz CT molecular complexity index is 1280. The average Bonchev–Trinajstić information content (AvgIpc) is 3.33. The van der Waals surface area contributed by atoms with Crippen LogP contribution >= 0.6 is 0 Å². The second-order valence-corrected chi connectivity index (χ2v) is 8.21. The quantitative estimate of drug-likeness (QED) is 0.428. The topological polar surface area (TPSA) is 76.4 Å². The highest BCUT2D eigenvalue weighted by atomic mass is 19.1. The predicted octanol–water partition coefficient (Wildman–Crippen LogP) is 3.50. The van der Waals surface area contributed by atoms with Gasteiger partial charge in [-0.2, -0.15) is 0 Å². The first-order valence-electron chi connectivity index (χ1n) is 11.4. The normalized spacial score (nSPS) is 13.7. The number of rotatable bonds is 6. The molecule has 2 aromatic heterocycles. The van der Waals surface area contributed by atoms with E-state index in [0.717, 1.165) is 17.1 Å². The molecule has 1 saturated heterocycles. The van der Waals surface area contributed by atoms with Crippen LogP contribution in [0, 0.1) is 5.82 Å². The van der Waals surface area contributed by atoms with Crippen LogP contribution in [0.3, 0.4) is 0 Å². The van der Waals surface area contributed by atoms with E-state index in [9.17, 15) is 9.18 Å². The minimum atomic E-state index is -0.330. The molecule has 0 unspecified atom stereocenters. The smallest absolute Gasteiger partial charge is 0.244 e.